The van der Waals surface area contributed by atoms with Crippen LogP contribution in [0.2, 0.25) is 0 Å². The lowest BCUT2D eigenvalue weighted by Gasteiger charge is -1.95. The van der Waals surface area contributed by atoms with E-state index < -0.39 is 0 Å². The fourth-order valence-electron chi connectivity index (χ4n) is 0.675. The van der Waals surface area contributed by atoms with Crippen LogP contribution in [0.4, 0.5) is 0 Å². The second-order valence-corrected chi connectivity index (χ2v) is 2.29. The first kappa shape index (κ1) is 9.37. The molecule has 1 heterocycles. The Balaban J connectivity index is 0.000000810. The predicted molar refractivity (Wildman–Crippen MR) is 34.8 cm³/mol. The third-order valence-electron chi connectivity index (χ3n) is 1.25. The number of hydrogen-bond acceptors (Lipinski definition) is 1. The molecule has 1 aromatic heterocycles. The Morgan fingerprint density at radius 3 is 2.00 bits per heavy atom. The van der Waals surface area contributed by atoms with Crippen LogP contribution in [-0.2, 0) is 0 Å². The summed E-state index contributed by atoms with van der Waals surface area (Å²) in [5.41, 5.74) is 0. The van der Waals surface area contributed by atoms with Crippen molar-refractivity contribution in [3.8, 4) is 0 Å². The Morgan fingerprint density at radius 2 is 1.70 bits per heavy atom. The van der Waals surface area contributed by atoms with Gasteiger partial charge in [0.15, 0.2) is 18.4 Å². The molecule has 10 heavy (non-hydrogen) atoms. The lowest BCUT2D eigenvalue weighted by Crippen LogP contribution is -3.00. The number of hydrogen-bond donors (Lipinski definition) is 0. The van der Waals surface area contributed by atoms with Crippen LogP contribution in [0.5, 0.6) is 0 Å². The molecule has 1 rings (SSSR count). The largest absolute Gasteiger partial charge is 1.00 e. The standard InChI is InChI=1S/C7H11N2.ClH/c1-7(2)9-5-3-8-4-6-9;/h3-7H,1-2H3;1H/q+1;/p-1. The molecule has 0 N–H and O–H groups in total. The molecule has 0 saturated carbocycles. The Bertz CT molecular complexity index is 174. The van der Waals surface area contributed by atoms with Crippen molar-refractivity contribution in [3.63, 3.8) is 0 Å². The van der Waals surface area contributed by atoms with Gasteiger partial charge in [-0.25, -0.2) is 4.57 Å². The van der Waals surface area contributed by atoms with Gasteiger partial charge in [0.05, 0.1) is 12.4 Å². The van der Waals surface area contributed by atoms with Crippen molar-refractivity contribution in [1.82, 2.24) is 4.98 Å². The average molecular weight is 159 g/mol. The van der Waals surface area contributed by atoms with Crippen molar-refractivity contribution in [1.29, 1.82) is 0 Å². The zero-order valence-corrected chi connectivity index (χ0v) is 6.92. The van der Waals surface area contributed by atoms with Crippen LogP contribution >= 0.6 is 0 Å². The van der Waals surface area contributed by atoms with Crippen molar-refractivity contribution >= 4 is 0 Å². The van der Waals surface area contributed by atoms with Gasteiger partial charge in [-0.2, -0.15) is 0 Å². The monoisotopic (exact) mass is 158 g/mol. The summed E-state index contributed by atoms with van der Waals surface area (Å²) in [5, 5.41) is 0. The van der Waals surface area contributed by atoms with E-state index in [-0.39, 0.29) is 12.4 Å². The maximum atomic E-state index is 3.91. The van der Waals surface area contributed by atoms with Gasteiger partial charge in [-0.15, -0.1) is 0 Å². The first-order valence-electron chi connectivity index (χ1n) is 3.11. The molecule has 0 atom stereocenters. The zero-order chi connectivity index (χ0) is 6.69. The molecule has 0 radical (unpaired) electrons. The summed E-state index contributed by atoms with van der Waals surface area (Å²) in [6, 6.07) is 0.535. The van der Waals surface area contributed by atoms with Gasteiger partial charge in [0.25, 0.3) is 0 Å². The molecular formula is C7H11ClN2. The van der Waals surface area contributed by atoms with Gasteiger partial charge in [-0.05, 0) is 13.8 Å². The highest BCUT2D eigenvalue weighted by Crippen LogP contribution is 1.86. The fourth-order valence-corrected chi connectivity index (χ4v) is 0.675. The highest BCUT2D eigenvalue weighted by Gasteiger charge is 2.00. The molecule has 0 aromatic carbocycles. The minimum absolute atomic E-state index is 0. The van der Waals surface area contributed by atoms with E-state index >= 15 is 0 Å². The highest BCUT2D eigenvalue weighted by atomic mass is 35.5. The number of aromatic nitrogens is 2. The Morgan fingerprint density at radius 1 is 1.20 bits per heavy atom. The molecule has 1 aromatic rings. The van der Waals surface area contributed by atoms with Crippen LogP contribution in [0.3, 0.4) is 0 Å². The Hall–Kier alpha value is -0.630. The van der Waals surface area contributed by atoms with Gasteiger partial charge in [-0.1, -0.05) is 0 Å². The zero-order valence-electron chi connectivity index (χ0n) is 6.16. The van der Waals surface area contributed by atoms with Gasteiger partial charge >= 0.3 is 0 Å². The summed E-state index contributed by atoms with van der Waals surface area (Å²) in [5.74, 6) is 0. The highest BCUT2D eigenvalue weighted by molar-refractivity contribution is 4.63. The molecule has 0 aliphatic carbocycles. The molecule has 0 aliphatic heterocycles. The quantitative estimate of drug-likeness (QED) is 0.431. The van der Waals surface area contributed by atoms with E-state index in [1.54, 1.807) is 12.4 Å². The Kier molecular flexibility index (Phi) is 3.96. The van der Waals surface area contributed by atoms with E-state index in [1.165, 1.54) is 0 Å². The van der Waals surface area contributed by atoms with Gasteiger partial charge in [0.2, 0.25) is 0 Å². The number of halogens is 1. The lowest BCUT2D eigenvalue weighted by molar-refractivity contribution is -0.716. The summed E-state index contributed by atoms with van der Waals surface area (Å²) in [4.78, 5) is 3.91. The third kappa shape index (κ3) is 2.31. The minimum Gasteiger partial charge on any atom is -1.00 e. The first-order chi connectivity index (χ1) is 4.30. The molecular weight excluding hydrogens is 148 g/mol. The predicted octanol–water partition coefficient (Wildman–Crippen LogP) is -2.05. The molecule has 0 aliphatic rings. The molecule has 0 unspecified atom stereocenters. The summed E-state index contributed by atoms with van der Waals surface area (Å²) < 4.78 is 2.10. The van der Waals surface area contributed by atoms with Gasteiger partial charge in [0, 0.05) is 0 Å². The van der Waals surface area contributed by atoms with E-state index in [0.717, 1.165) is 0 Å². The second-order valence-electron chi connectivity index (χ2n) is 2.29. The second kappa shape index (κ2) is 4.23. The summed E-state index contributed by atoms with van der Waals surface area (Å²) in [6.07, 6.45) is 7.51. The average Bonchev–Trinajstić information content (AvgIpc) is 1.90. The minimum atomic E-state index is 0. The maximum Gasteiger partial charge on any atom is 0.187 e. The van der Waals surface area contributed by atoms with Crippen LogP contribution in [0, 0.1) is 0 Å². The fraction of sp³-hybridized carbons (Fsp3) is 0.429. The molecule has 0 amide bonds. The summed E-state index contributed by atoms with van der Waals surface area (Å²) in [7, 11) is 0. The van der Waals surface area contributed by atoms with Crippen LogP contribution in [0.1, 0.15) is 19.9 Å². The van der Waals surface area contributed by atoms with Crippen LogP contribution in [0.25, 0.3) is 0 Å². The van der Waals surface area contributed by atoms with Gasteiger partial charge in [-0.3, -0.25) is 4.98 Å². The van der Waals surface area contributed by atoms with Crippen molar-refractivity contribution in [2.75, 3.05) is 0 Å². The number of nitrogens with zero attached hydrogens (tertiary/aromatic N) is 2. The van der Waals surface area contributed by atoms with E-state index in [9.17, 15) is 0 Å². The van der Waals surface area contributed by atoms with E-state index in [0.29, 0.717) is 6.04 Å². The maximum absolute atomic E-state index is 3.91. The van der Waals surface area contributed by atoms with Crippen molar-refractivity contribution in [2.45, 2.75) is 19.9 Å². The van der Waals surface area contributed by atoms with Crippen molar-refractivity contribution < 1.29 is 17.0 Å². The van der Waals surface area contributed by atoms with Crippen LogP contribution in [0.15, 0.2) is 24.8 Å². The summed E-state index contributed by atoms with van der Waals surface area (Å²) >= 11 is 0. The van der Waals surface area contributed by atoms with Crippen molar-refractivity contribution in [2.24, 2.45) is 0 Å². The van der Waals surface area contributed by atoms with Crippen LogP contribution < -0.4 is 17.0 Å². The first-order valence-corrected chi connectivity index (χ1v) is 3.11. The molecule has 0 saturated heterocycles. The third-order valence-corrected chi connectivity index (χ3v) is 1.25. The van der Waals surface area contributed by atoms with Crippen LogP contribution in [-0.4, -0.2) is 4.98 Å². The molecule has 2 nitrogen and oxygen atoms in total. The Labute approximate surface area is 67.3 Å². The smallest absolute Gasteiger partial charge is 0.187 e. The molecule has 0 spiro atoms. The van der Waals surface area contributed by atoms with E-state index in [4.69, 9.17) is 0 Å². The van der Waals surface area contributed by atoms with Gasteiger partial charge < -0.3 is 12.4 Å². The number of rotatable bonds is 1. The molecule has 3 heteroatoms. The van der Waals surface area contributed by atoms with E-state index in [2.05, 4.69) is 23.4 Å². The normalized spacial score (nSPS) is 9.10. The molecule has 0 bridgehead atoms. The molecule has 56 valence electrons. The van der Waals surface area contributed by atoms with Gasteiger partial charge in [0.1, 0.15) is 0 Å². The summed E-state index contributed by atoms with van der Waals surface area (Å²) in [6.45, 7) is 4.28. The van der Waals surface area contributed by atoms with Crippen molar-refractivity contribution in [3.05, 3.63) is 24.8 Å². The SMILES string of the molecule is CC(C)[n+]1ccncc1.[Cl-]. The lowest BCUT2D eigenvalue weighted by atomic mass is 10.4. The molecule has 0 fully saturated rings. The van der Waals surface area contributed by atoms with E-state index in [1.807, 2.05) is 12.4 Å². The topological polar surface area (TPSA) is 16.8 Å².